The number of aromatic nitrogens is 4. The molecule has 1 aromatic heterocycles. The summed E-state index contributed by atoms with van der Waals surface area (Å²) in [6, 6.07) is 6.61. The fourth-order valence-corrected chi connectivity index (χ4v) is 3.22. The summed E-state index contributed by atoms with van der Waals surface area (Å²) in [5, 5.41) is 15.7. The van der Waals surface area contributed by atoms with Crippen LogP contribution in [0.5, 0.6) is 0 Å². The third kappa shape index (κ3) is 3.73. The molecule has 0 amide bonds. The average molecular weight is 318 g/mol. The van der Waals surface area contributed by atoms with Crippen molar-refractivity contribution in [2.24, 2.45) is 5.73 Å². The van der Waals surface area contributed by atoms with E-state index in [0.29, 0.717) is 19.1 Å². The minimum atomic E-state index is -0.252. The van der Waals surface area contributed by atoms with E-state index in [1.807, 2.05) is 4.68 Å². The van der Waals surface area contributed by atoms with Crippen molar-refractivity contribution in [1.29, 1.82) is 0 Å². The minimum absolute atomic E-state index is 0.184. The quantitative estimate of drug-likeness (QED) is 0.851. The summed E-state index contributed by atoms with van der Waals surface area (Å²) in [5.41, 5.74) is 6.57. The summed E-state index contributed by atoms with van der Waals surface area (Å²) in [6.45, 7) is 1.16. The maximum absolute atomic E-state index is 13.2. The van der Waals surface area contributed by atoms with Crippen LogP contribution in [0.3, 0.4) is 0 Å². The molecule has 1 unspecified atom stereocenters. The fraction of sp³-hybridized carbons (Fsp3) is 0.562. The first-order chi connectivity index (χ1) is 11.3. The number of hydrogen-bond donors (Lipinski definition) is 2. The molecule has 1 heterocycles. The Bertz CT molecular complexity index is 605. The molecule has 23 heavy (non-hydrogen) atoms. The van der Waals surface area contributed by atoms with Gasteiger partial charge in [0.15, 0.2) is 5.82 Å². The van der Waals surface area contributed by atoms with Crippen molar-refractivity contribution < 1.29 is 4.39 Å². The number of nitrogens with two attached hydrogens (primary N) is 1. The normalized spacial score (nSPS) is 17.3. The topological polar surface area (TPSA) is 81.7 Å². The van der Waals surface area contributed by atoms with E-state index >= 15 is 0 Å². The summed E-state index contributed by atoms with van der Waals surface area (Å²) < 4.78 is 15.2. The summed E-state index contributed by atoms with van der Waals surface area (Å²) in [7, 11) is 0. The summed E-state index contributed by atoms with van der Waals surface area (Å²) in [6.07, 6.45) is 5.90. The van der Waals surface area contributed by atoms with Gasteiger partial charge in [0.2, 0.25) is 0 Å². The third-order valence-electron chi connectivity index (χ3n) is 4.39. The molecule has 0 spiro atoms. The van der Waals surface area contributed by atoms with Gasteiger partial charge >= 0.3 is 0 Å². The zero-order chi connectivity index (χ0) is 16.1. The first kappa shape index (κ1) is 16.0. The molecular formula is C16H23FN6. The predicted molar refractivity (Wildman–Crippen MR) is 85.2 cm³/mol. The van der Waals surface area contributed by atoms with E-state index in [2.05, 4.69) is 20.8 Å². The van der Waals surface area contributed by atoms with Gasteiger partial charge in [-0.25, -0.2) is 9.07 Å². The van der Waals surface area contributed by atoms with Crippen LogP contribution in [-0.2, 0) is 0 Å². The number of tetrazole rings is 1. The number of rotatable bonds is 6. The van der Waals surface area contributed by atoms with Gasteiger partial charge in [0.25, 0.3) is 0 Å². The SMILES string of the molecule is NCCNC(c1ccc(F)cc1)c1nnnn1C1CCCCC1. The third-order valence-corrected chi connectivity index (χ3v) is 4.39. The maximum Gasteiger partial charge on any atom is 0.173 e. The van der Waals surface area contributed by atoms with Crippen molar-refractivity contribution in [3.8, 4) is 0 Å². The van der Waals surface area contributed by atoms with Crippen molar-refractivity contribution >= 4 is 0 Å². The lowest BCUT2D eigenvalue weighted by Gasteiger charge is -2.25. The van der Waals surface area contributed by atoms with Gasteiger partial charge in [0, 0.05) is 13.1 Å². The summed E-state index contributed by atoms with van der Waals surface area (Å²) in [4.78, 5) is 0. The Balaban J connectivity index is 1.90. The standard InChI is InChI=1S/C16H23FN6/c17-13-8-6-12(7-9-13)15(19-11-10-18)16-20-21-22-23(16)14-4-2-1-3-5-14/h6-9,14-15,19H,1-5,10-11,18H2. The number of nitrogens with zero attached hydrogens (tertiary/aromatic N) is 4. The van der Waals surface area contributed by atoms with Gasteiger partial charge in [-0.1, -0.05) is 31.4 Å². The Morgan fingerprint density at radius 1 is 1.22 bits per heavy atom. The highest BCUT2D eigenvalue weighted by atomic mass is 19.1. The molecule has 7 heteroatoms. The van der Waals surface area contributed by atoms with Crippen molar-refractivity contribution in [3.05, 3.63) is 41.5 Å². The van der Waals surface area contributed by atoms with Gasteiger partial charge in [0.05, 0.1) is 12.1 Å². The van der Waals surface area contributed by atoms with E-state index in [4.69, 9.17) is 5.73 Å². The first-order valence-electron chi connectivity index (χ1n) is 8.26. The highest BCUT2D eigenvalue weighted by Gasteiger charge is 2.26. The maximum atomic E-state index is 13.2. The van der Waals surface area contributed by atoms with Crippen molar-refractivity contribution in [2.45, 2.75) is 44.2 Å². The van der Waals surface area contributed by atoms with E-state index < -0.39 is 0 Å². The van der Waals surface area contributed by atoms with Crippen LogP contribution < -0.4 is 11.1 Å². The molecule has 0 aliphatic heterocycles. The molecule has 1 aromatic carbocycles. The van der Waals surface area contributed by atoms with Gasteiger partial charge in [0.1, 0.15) is 5.82 Å². The molecule has 1 fully saturated rings. The van der Waals surface area contributed by atoms with Gasteiger partial charge in [-0.2, -0.15) is 0 Å². The van der Waals surface area contributed by atoms with Crippen molar-refractivity contribution in [1.82, 2.24) is 25.5 Å². The van der Waals surface area contributed by atoms with E-state index in [-0.39, 0.29) is 11.9 Å². The molecule has 2 aromatic rings. The molecule has 1 aliphatic carbocycles. The molecule has 0 radical (unpaired) electrons. The smallest absolute Gasteiger partial charge is 0.173 e. The Labute approximate surface area is 135 Å². The summed E-state index contributed by atoms with van der Waals surface area (Å²) >= 11 is 0. The van der Waals surface area contributed by atoms with E-state index in [0.717, 1.165) is 24.2 Å². The number of nitrogens with one attached hydrogen (secondary N) is 1. The molecule has 1 saturated carbocycles. The molecule has 124 valence electrons. The van der Waals surface area contributed by atoms with Crippen LogP contribution in [0.25, 0.3) is 0 Å². The zero-order valence-corrected chi connectivity index (χ0v) is 13.2. The van der Waals surface area contributed by atoms with Gasteiger partial charge in [-0.3, -0.25) is 0 Å². The van der Waals surface area contributed by atoms with E-state index in [1.165, 1.54) is 31.4 Å². The predicted octanol–water partition coefficient (Wildman–Crippen LogP) is 1.96. The van der Waals surface area contributed by atoms with Crippen LogP contribution in [-0.4, -0.2) is 33.3 Å². The van der Waals surface area contributed by atoms with Gasteiger partial charge < -0.3 is 11.1 Å². The molecule has 1 aliphatic rings. The van der Waals surface area contributed by atoms with Crippen molar-refractivity contribution in [3.63, 3.8) is 0 Å². The van der Waals surface area contributed by atoms with E-state index in [1.54, 1.807) is 12.1 Å². The lowest BCUT2D eigenvalue weighted by Crippen LogP contribution is -2.31. The second-order valence-electron chi connectivity index (χ2n) is 6.00. The van der Waals surface area contributed by atoms with Crippen LogP contribution >= 0.6 is 0 Å². The second-order valence-corrected chi connectivity index (χ2v) is 6.00. The Morgan fingerprint density at radius 3 is 2.65 bits per heavy atom. The Kier molecular flexibility index (Phi) is 5.30. The van der Waals surface area contributed by atoms with E-state index in [9.17, 15) is 4.39 Å². The van der Waals surface area contributed by atoms with Gasteiger partial charge in [-0.05, 0) is 41.0 Å². The molecule has 3 rings (SSSR count). The number of benzene rings is 1. The molecule has 0 saturated heterocycles. The highest BCUT2D eigenvalue weighted by molar-refractivity contribution is 5.25. The van der Waals surface area contributed by atoms with Gasteiger partial charge in [-0.15, -0.1) is 5.10 Å². The van der Waals surface area contributed by atoms with Crippen molar-refractivity contribution in [2.75, 3.05) is 13.1 Å². The van der Waals surface area contributed by atoms with Crippen LogP contribution in [0.4, 0.5) is 4.39 Å². The minimum Gasteiger partial charge on any atom is -0.329 e. The van der Waals surface area contributed by atoms with Crippen LogP contribution in [0.1, 0.15) is 55.6 Å². The number of hydrogen-bond acceptors (Lipinski definition) is 5. The fourth-order valence-electron chi connectivity index (χ4n) is 3.22. The second kappa shape index (κ2) is 7.61. The molecule has 3 N–H and O–H groups in total. The van der Waals surface area contributed by atoms with Crippen LogP contribution in [0.2, 0.25) is 0 Å². The molecule has 0 bridgehead atoms. The zero-order valence-electron chi connectivity index (χ0n) is 13.2. The lowest BCUT2D eigenvalue weighted by atomic mass is 9.95. The number of halogens is 1. The average Bonchev–Trinajstić information content (AvgIpc) is 3.07. The van der Waals surface area contributed by atoms with Crippen LogP contribution in [0, 0.1) is 5.82 Å². The monoisotopic (exact) mass is 318 g/mol. The highest BCUT2D eigenvalue weighted by Crippen LogP contribution is 2.30. The lowest BCUT2D eigenvalue weighted by molar-refractivity contribution is 0.311. The first-order valence-corrected chi connectivity index (χ1v) is 8.26. The Hall–Kier alpha value is -1.86. The molecule has 6 nitrogen and oxygen atoms in total. The molecule has 1 atom stereocenters. The largest absolute Gasteiger partial charge is 0.329 e. The Morgan fingerprint density at radius 2 is 1.96 bits per heavy atom. The molecular weight excluding hydrogens is 295 g/mol. The summed E-state index contributed by atoms with van der Waals surface area (Å²) in [5.74, 6) is 0.523. The van der Waals surface area contributed by atoms with Crippen LogP contribution in [0.15, 0.2) is 24.3 Å².